The van der Waals surface area contributed by atoms with E-state index in [0.29, 0.717) is 19.0 Å². The molecule has 0 aliphatic carbocycles. The Kier molecular flexibility index (Phi) is 6.46. The molecule has 6 nitrogen and oxygen atoms in total. The summed E-state index contributed by atoms with van der Waals surface area (Å²) in [7, 11) is 1.64. The molecule has 1 aliphatic heterocycles. The summed E-state index contributed by atoms with van der Waals surface area (Å²) in [6.07, 6.45) is 5.54. The summed E-state index contributed by atoms with van der Waals surface area (Å²) in [5, 5.41) is 3.07. The number of carbonyl (C=O) groups is 1. The Hall–Kier alpha value is -3.41. The van der Waals surface area contributed by atoms with Crippen molar-refractivity contribution >= 4 is 11.9 Å². The van der Waals surface area contributed by atoms with Crippen LogP contribution in [0.4, 0.5) is 5.95 Å². The van der Waals surface area contributed by atoms with Crippen LogP contribution >= 0.6 is 0 Å². The molecule has 1 aliphatic rings. The number of nitrogens with zero attached hydrogens (tertiary/aromatic N) is 3. The Bertz CT molecular complexity index is 1020. The number of amides is 1. The van der Waals surface area contributed by atoms with Gasteiger partial charge in [-0.15, -0.1) is 0 Å². The molecule has 6 heteroatoms. The average Bonchev–Trinajstić information content (AvgIpc) is 2.83. The van der Waals surface area contributed by atoms with Gasteiger partial charge < -0.3 is 15.0 Å². The zero-order valence-corrected chi connectivity index (χ0v) is 18.0. The summed E-state index contributed by atoms with van der Waals surface area (Å²) in [4.78, 5) is 24.0. The normalized spacial score (nSPS) is 16.1. The van der Waals surface area contributed by atoms with E-state index in [9.17, 15) is 4.79 Å². The molecule has 0 bridgehead atoms. The van der Waals surface area contributed by atoms with Crippen molar-refractivity contribution in [2.45, 2.75) is 26.3 Å². The largest absolute Gasteiger partial charge is 0.497 e. The van der Waals surface area contributed by atoms with Crippen molar-refractivity contribution < 1.29 is 9.53 Å². The first-order valence-electron chi connectivity index (χ1n) is 10.7. The first kappa shape index (κ1) is 20.8. The number of aryl methyl sites for hydroxylation is 1. The zero-order chi connectivity index (χ0) is 21.6. The van der Waals surface area contributed by atoms with Crippen LogP contribution in [0.25, 0.3) is 11.1 Å². The lowest BCUT2D eigenvalue weighted by atomic mass is 9.97. The first-order chi connectivity index (χ1) is 15.1. The number of benzene rings is 2. The zero-order valence-electron chi connectivity index (χ0n) is 18.0. The minimum absolute atomic E-state index is 0.0697. The maximum absolute atomic E-state index is 12.8. The first-order valence-corrected chi connectivity index (χ1v) is 10.7. The summed E-state index contributed by atoms with van der Waals surface area (Å²) in [5.41, 5.74) is 4.35. The van der Waals surface area contributed by atoms with Gasteiger partial charge in [-0.05, 0) is 43.0 Å². The summed E-state index contributed by atoms with van der Waals surface area (Å²) in [6, 6.07) is 16.1. The van der Waals surface area contributed by atoms with Crippen LogP contribution in [0.15, 0.2) is 60.9 Å². The van der Waals surface area contributed by atoms with Crippen molar-refractivity contribution in [3.63, 3.8) is 0 Å². The quantitative estimate of drug-likeness (QED) is 0.658. The predicted molar refractivity (Wildman–Crippen MR) is 122 cm³/mol. The molecule has 1 amide bonds. The van der Waals surface area contributed by atoms with Gasteiger partial charge in [0.2, 0.25) is 11.9 Å². The van der Waals surface area contributed by atoms with E-state index in [-0.39, 0.29) is 11.8 Å². The molecule has 1 atom stereocenters. The van der Waals surface area contributed by atoms with Gasteiger partial charge in [0.05, 0.1) is 13.0 Å². The second-order valence-corrected chi connectivity index (χ2v) is 7.99. The fraction of sp³-hybridized carbons (Fsp3) is 0.320. The van der Waals surface area contributed by atoms with E-state index in [1.54, 1.807) is 7.11 Å². The molecule has 0 saturated carbocycles. The number of hydrogen-bond donors (Lipinski definition) is 1. The van der Waals surface area contributed by atoms with Gasteiger partial charge in [-0.25, -0.2) is 9.97 Å². The topological polar surface area (TPSA) is 67.3 Å². The Morgan fingerprint density at radius 2 is 1.90 bits per heavy atom. The molecule has 2 aromatic carbocycles. The van der Waals surface area contributed by atoms with E-state index < -0.39 is 0 Å². The molecule has 3 aromatic rings. The second kappa shape index (κ2) is 9.60. The van der Waals surface area contributed by atoms with Gasteiger partial charge in [0.25, 0.3) is 0 Å². The van der Waals surface area contributed by atoms with Gasteiger partial charge in [0.15, 0.2) is 0 Å². The van der Waals surface area contributed by atoms with Crippen LogP contribution < -0.4 is 15.0 Å². The highest BCUT2D eigenvalue weighted by atomic mass is 16.5. The number of hydrogen-bond acceptors (Lipinski definition) is 5. The second-order valence-electron chi connectivity index (χ2n) is 7.99. The number of carbonyl (C=O) groups excluding carboxylic acids is 1. The molecule has 0 spiro atoms. The lowest BCUT2D eigenvalue weighted by Gasteiger charge is -2.32. The van der Waals surface area contributed by atoms with Gasteiger partial charge in [-0.3, -0.25) is 4.79 Å². The summed E-state index contributed by atoms with van der Waals surface area (Å²) >= 11 is 0. The van der Waals surface area contributed by atoms with Crippen molar-refractivity contribution in [2.24, 2.45) is 5.92 Å². The molecule has 0 radical (unpaired) electrons. The van der Waals surface area contributed by atoms with E-state index in [1.165, 1.54) is 5.56 Å². The van der Waals surface area contributed by atoms with Crippen LogP contribution in [0, 0.1) is 12.8 Å². The summed E-state index contributed by atoms with van der Waals surface area (Å²) in [6.45, 7) is 4.06. The molecule has 160 valence electrons. The molecular formula is C25H28N4O2. The van der Waals surface area contributed by atoms with E-state index >= 15 is 0 Å². The van der Waals surface area contributed by atoms with Gasteiger partial charge in [-0.1, -0.05) is 42.0 Å². The van der Waals surface area contributed by atoms with Crippen molar-refractivity contribution in [1.29, 1.82) is 0 Å². The molecular weight excluding hydrogens is 388 g/mol. The van der Waals surface area contributed by atoms with Crippen molar-refractivity contribution in [3.8, 4) is 16.9 Å². The number of rotatable bonds is 6. The van der Waals surface area contributed by atoms with Crippen molar-refractivity contribution in [1.82, 2.24) is 15.3 Å². The highest BCUT2D eigenvalue weighted by molar-refractivity contribution is 5.79. The minimum Gasteiger partial charge on any atom is -0.497 e. The fourth-order valence-corrected chi connectivity index (χ4v) is 3.87. The van der Waals surface area contributed by atoms with Gasteiger partial charge >= 0.3 is 0 Å². The third kappa shape index (κ3) is 5.20. The average molecular weight is 417 g/mol. The molecule has 31 heavy (non-hydrogen) atoms. The highest BCUT2D eigenvalue weighted by Crippen LogP contribution is 2.23. The van der Waals surface area contributed by atoms with Crippen LogP contribution in [-0.2, 0) is 11.3 Å². The van der Waals surface area contributed by atoms with Crippen LogP contribution in [0.5, 0.6) is 5.75 Å². The molecule has 4 rings (SSSR count). The van der Waals surface area contributed by atoms with Crippen LogP contribution in [0.1, 0.15) is 24.0 Å². The van der Waals surface area contributed by atoms with Crippen LogP contribution in [0.3, 0.4) is 0 Å². The van der Waals surface area contributed by atoms with E-state index in [1.807, 2.05) is 36.7 Å². The number of anilines is 1. The number of piperidine rings is 1. The van der Waals surface area contributed by atoms with Crippen LogP contribution in [0.2, 0.25) is 0 Å². The van der Waals surface area contributed by atoms with Gasteiger partial charge in [0.1, 0.15) is 5.75 Å². The number of methoxy groups -OCH3 is 1. The Balaban J connectivity index is 1.36. The Labute approximate surface area is 183 Å². The molecule has 2 heterocycles. The van der Waals surface area contributed by atoms with E-state index in [0.717, 1.165) is 41.8 Å². The van der Waals surface area contributed by atoms with Gasteiger partial charge in [0, 0.05) is 37.6 Å². The predicted octanol–water partition coefficient (Wildman–Crippen LogP) is 3.99. The SMILES string of the molecule is COc1cccc(CNC(=O)[C@H]2CCCN(c3ncc(-c4ccc(C)cc4)cn3)C2)c1. The molecule has 1 saturated heterocycles. The van der Waals surface area contributed by atoms with Crippen molar-refractivity contribution in [2.75, 3.05) is 25.1 Å². The number of nitrogens with one attached hydrogen (secondary N) is 1. The third-order valence-electron chi connectivity index (χ3n) is 5.70. The summed E-state index contributed by atoms with van der Waals surface area (Å²) < 4.78 is 5.25. The third-order valence-corrected chi connectivity index (χ3v) is 5.70. The minimum atomic E-state index is -0.0697. The number of ether oxygens (including phenoxy) is 1. The smallest absolute Gasteiger partial charge is 0.225 e. The van der Waals surface area contributed by atoms with E-state index in [2.05, 4.69) is 51.4 Å². The maximum Gasteiger partial charge on any atom is 0.225 e. The maximum atomic E-state index is 12.8. The van der Waals surface area contributed by atoms with Crippen LogP contribution in [-0.4, -0.2) is 36.1 Å². The molecule has 1 N–H and O–H groups in total. The Morgan fingerprint density at radius 1 is 1.13 bits per heavy atom. The standard InChI is InChI=1S/C25H28N4O2/c1-18-8-10-20(11-9-18)22-15-27-25(28-16-22)29-12-4-6-21(17-29)24(30)26-14-19-5-3-7-23(13-19)31-2/h3,5,7-11,13,15-16,21H,4,6,12,14,17H2,1-2H3,(H,26,30)/t21-/m0/s1. The number of aromatic nitrogens is 2. The monoisotopic (exact) mass is 416 g/mol. The lowest BCUT2D eigenvalue weighted by Crippen LogP contribution is -2.43. The van der Waals surface area contributed by atoms with Gasteiger partial charge in [-0.2, -0.15) is 0 Å². The molecule has 0 unspecified atom stereocenters. The van der Waals surface area contributed by atoms with E-state index in [4.69, 9.17) is 4.74 Å². The summed E-state index contributed by atoms with van der Waals surface area (Å²) in [5.74, 6) is 1.48. The fourth-order valence-electron chi connectivity index (χ4n) is 3.87. The molecule has 1 fully saturated rings. The molecule has 1 aromatic heterocycles. The van der Waals surface area contributed by atoms with Crippen molar-refractivity contribution in [3.05, 3.63) is 72.1 Å². The lowest BCUT2D eigenvalue weighted by molar-refractivity contribution is -0.125. The highest BCUT2D eigenvalue weighted by Gasteiger charge is 2.27. The Morgan fingerprint density at radius 3 is 2.65 bits per heavy atom.